The van der Waals surface area contributed by atoms with Crippen molar-refractivity contribution >= 4 is 17.7 Å². The van der Waals surface area contributed by atoms with Crippen LogP contribution >= 0.6 is 0 Å². The molecule has 3 heterocycles. The highest BCUT2D eigenvalue weighted by Gasteiger charge is 2.38. The van der Waals surface area contributed by atoms with Crippen LogP contribution in [0.2, 0.25) is 0 Å². The van der Waals surface area contributed by atoms with Gasteiger partial charge in [-0.1, -0.05) is 6.92 Å². The van der Waals surface area contributed by atoms with Crippen molar-refractivity contribution < 1.29 is 4.79 Å². The molecule has 1 aromatic rings. The summed E-state index contributed by atoms with van der Waals surface area (Å²) in [4.78, 5) is 24.0. The van der Waals surface area contributed by atoms with Gasteiger partial charge >= 0.3 is 0 Å². The first-order chi connectivity index (χ1) is 11.9. The predicted molar refractivity (Wildman–Crippen MR) is 99.4 cm³/mol. The maximum absolute atomic E-state index is 13.1. The Morgan fingerprint density at radius 1 is 1.24 bits per heavy atom. The minimum Gasteiger partial charge on any atom is -0.368 e. The Bertz CT molecular complexity index is 639. The fourth-order valence-corrected chi connectivity index (χ4v) is 3.79. The Labute approximate surface area is 149 Å². The number of hydrogen-bond acceptors (Lipinski definition) is 6. The molecule has 7 nitrogen and oxygen atoms in total. The average Bonchev–Trinajstić information content (AvgIpc) is 2.77. The zero-order valence-electron chi connectivity index (χ0n) is 15.6. The highest BCUT2D eigenvalue weighted by Crippen LogP contribution is 2.32. The van der Waals surface area contributed by atoms with Crippen molar-refractivity contribution in [3.8, 4) is 0 Å². The second-order valence-corrected chi connectivity index (χ2v) is 7.76. The molecule has 3 rings (SSSR count). The third-order valence-electron chi connectivity index (χ3n) is 5.30. The third-order valence-corrected chi connectivity index (χ3v) is 5.30. The van der Waals surface area contributed by atoms with Crippen molar-refractivity contribution in [1.82, 2.24) is 20.2 Å². The van der Waals surface area contributed by atoms with Crippen LogP contribution in [0.15, 0.2) is 0 Å². The molecular weight excluding hydrogens is 316 g/mol. The zero-order chi connectivity index (χ0) is 18.0. The van der Waals surface area contributed by atoms with Crippen LogP contribution in [0.5, 0.6) is 0 Å². The number of fused-ring (bicyclic) bond motifs is 1. The molecule has 2 aliphatic rings. The van der Waals surface area contributed by atoms with Gasteiger partial charge in [0.1, 0.15) is 5.82 Å². The molecule has 0 spiro atoms. The van der Waals surface area contributed by atoms with E-state index in [0.717, 1.165) is 62.4 Å². The van der Waals surface area contributed by atoms with Gasteiger partial charge in [-0.2, -0.15) is 4.98 Å². The van der Waals surface area contributed by atoms with Crippen LogP contribution in [0.4, 0.5) is 11.8 Å². The van der Waals surface area contributed by atoms with Gasteiger partial charge < -0.3 is 21.3 Å². The molecule has 1 saturated heterocycles. The molecule has 1 aromatic heterocycles. The van der Waals surface area contributed by atoms with Gasteiger partial charge in [0.05, 0.1) is 5.69 Å². The Balaban J connectivity index is 1.78. The minimum atomic E-state index is -0.245. The van der Waals surface area contributed by atoms with Gasteiger partial charge in [0, 0.05) is 36.5 Å². The van der Waals surface area contributed by atoms with Crippen LogP contribution in [-0.2, 0) is 17.6 Å². The second-order valence-electron chi connectivity index (χ2n) is 7.76. The number of nitrogen functional groups attached to an aromatic ring is 1. The lowest BCUT2D eigenvalue weighted by atomic mass is 9.79. The summed E-state index contributed by atoms with van der Waals surface area (Å²) in [6.07, 6.45) is 3.31. The fourth-order valence-electron chi connectivity index (χ4n) is 3.79. The monoisotopic (exact) mass is 346 g/mol. The maximum atomic E-state index is 13.1. The molecule has 0 bridgehead atoms. The van der Waals surface area contributed by atoms with Crippen LogP contribution < -0.4 is 16.4 Å². The Kier molecular flexibility index (Phi) is 5.13. The van der Waals surface area contributed by atoms with Crippen molar-refractivity contribution in [2.45, 2.75) is 52.5 Å². The van der Waals surface area contributed by atoms with E-state index in [2.05, 4.69) is 41.4 Å². The molecule has 0 aromatic carbocycles. The number of piperidine rings is 1. The third kappa shape index (κ3) is 3.86. The molecule has 0 atom stereocenters. The summed E-state index contributed by atoms with van der Waals surface area (Å²) >= 11 is 0. The molecule has 7 heteroatoms. The number of nitrogens with zero attached hydrogens (tertiary/aromatic N) is 3. The maximum Gasteiger partial charge on any atom is 0.228 e. The second kappa shape index (κ2) is 7.15. The quantitative estimate of drug-likeness (QED) is 0.761. The first-order valence-corrected chi connectivity index (χ1v) is 9.31. The smallest absolute Gasteiger partial charge is 0.228 e. The molecule has 1 amide bonds. The molecule has 25 heavy (non-hydrogen) atoms. The standard InChI is InChI=1S/C18H30N6O/c1-12(2)21-15-13-4-10-24(11-5-14(13)22-17(19)23-15)16(25)18(3)6-8-20-9-7-18/h12,20H,4-11H2,1-3H3,(H3,19,21,22,23). The summed E-state index contributed by atoms with van der Waals surface area (Å²) in [5.41, 5.74) is 7.73. The minimum absolute atomic E-state index is 0.245. The van der Waals surface area contributed by atoms with Crippen molar-refractivity contribution in [2.24, 2.45) is 5.41 Å². The normalized spacial score (nSPS) is 20.1. The number of anilines is 2. The predicted octanol–water partition coefficient (Wildman–Crippen LogP) is 1.20. The van der Waals surface area contributed by atoms with Crippen molar-refractivity contribution in [1.29, 1.82) is 0 Å². The molecule has 0 radical (unpaired) electrons. The van der Waals surface area contributed by atoms with E-state index in [9.17, 15) is 4.79 Å². The summed E-state index contributed by atoms with van der Waals surface area (Å²) in [5.74, 6) is 1.40. The Morgan fingerprint density at radius 3 is 2.60 bits per heavy atom. The summed E-state index contributed by atoms with van der Waals surface area (Å²) in [5, 5.41) is 6.72. The summed E-state index contributed by atoms with van der Waals surface area (Å²) in [6, 6.07) is 0.271. The van der Waals surface area contributed by atoms with E-state index in [4.69, 9.17) is 5.73 Å². The molecule has 0 saturated carbocycles. The van der Waals surface area contributed by atoms with Crippen molar-refractivity contribution in [2.75, 3.05) is 37.2 Å². The topological polar surface area (TPSA) is 96.2 Å². The first-order valence-electron chi connectivity index (χ1n) is 9.31. The number of rotatable bonds is 3. The summed E-state index contributed by atoms with van der Waals surface area (Å²) in [6.45, 7) is 9.52. The van der Waals surface area contributed by atoms with E-state index in [1.165, 1.54) is 0 Å². The van der Waals surface area contributed by atoms with E-state index in [1.54, 1.807) is 0 Å². The fraction of sp³-hybridized carbons (Fsp3) is 0.722. The van der Waals surface area contributed by atoms with Crippen LogP contribution in [0.3, 0.4) is 0 Å². The Hall–Kier alpha value is -1.89. The van der Waals surface area contributed by atoms with E-state index in [0.29, 0.717) is 12.5 Å². The van der Waals surface area contributed by atoms with E-state index in [1.807, 2.05) is 4.90 Å². The lowest BCUT2D eigenvalue weighted by molar-refractivity contribution is -0.142. The molecule has 0 aliphatic carbocycles. The van der Waals surface area contributed by atoms with Crippen molar-refractivity contribution in [3.05, 3.63) is 11.3 Å². The van der Waals surface area contributed by atoms with Crippen LogP contribution in [0.25, 0.3) is 0 Å². The number of carbonyl (C=O) groups is 1. The number of carbonyl (C=O) groups excluding carboxylic acids is 1. The molecular formula is C18H30N6O. The molecule has 1 fully saturated rings. The number of nitrogens with one attached hydrogen (secondary N) is 2. The van der Waals surface area contributed by atoms with Crippen LogP contribution in [-0.4, -0.2) is 53.0 Å². The Morgan fingerprint density at radius 2 is 1.92 bits per heavy atom. The largest absolute Gasteiger partial charge is 0.368 e. The van der Waals surface area contributed by atoms with E-state index >= 15 is 0 Å². The van der Waals surface area contributed by atoms with Gasteiger partial charge in [0.2, 0.25) is 11.9 Å². The summed E-state index contributed by atoms with van der Waals surface area (Å²) < 4.78 is 0. The first kappa shape index (κ1) is 17.9. The van der Waals surface area contributed by atoms with Crippen LogP contribution in [0, 0.1) is 5.41 Å². The lowest BCUT2D eigenvalue weighted by Gasteiger charge is -2.37. The van der Waals surface area contributed by atoms with Crippen molar-refractivity contribution in [3.63, 3.8) is 0 Å². The van der Waals surface area contributed by atoms with Gasteiger partial charge in [-0.15, -0.1) is 0 Å². The van der Waals surface area contributed by atoms with E-state index < -0.39 is 0 Å². The van der Waals surface area contributed by atoms with E-state index in [-0.39, 0.29) is 17.4 Å². The van der Waals surface area contributed by atoms with Gasteiger partial charge in [0.15, 0.2) is 0 Å². The summed E-state index contributed by atoms with van der Waals surface area (Å²) in [7, 11) is 0. The van der Waals surface area contributed by atoms with Gasteiger partial charge in [-0.05, 0) is 46.2 Å². The molecule has 0 unspecified atom stereocenters. The number of amides is 1. The number of nitrogens with two attached hydrogens (primary N) is 1. The molecule has 138 valence electrons. The SMILES string of the molecule is CC(C)Nc1nc(N)nc2c1CCN(C(=O)C1(C)CCNCC1)CC2. The highest BCUT2D eigenvalue weighted by atomic mass is 16.2. The molecule has 4 N–H and O–H groups in total. The van der Waals surface area contributed by atoms with Crippen LogP contribution in [0.1, 0.15) is 44.9 Å². The number of hydrogen-bond donors (Lipinski definition) is 3. The van der Waals surface area contributed by atoms with Gasteiger partial charge in [0.25, 0.3) is 0 Å². The highest BCUT2D eigenvalue weighted by molar-refractivity contribution is 5.82. The lowest BCUT2D eigenvalue weighted by Crippen LogP contribution is -2.48. The molecule has 2 aliphatic heterocycles. The van der Waals surface area contributed by atoms with Gasteiger partial charge in [-0.25, -0.2) is 4.98 Å². The average molecular weight is 346 g/mol. The number of aromatic nitrogens is 2. The zero-order valence-corrected chi connectivity index (χ0v) is 15.6. The van der Waals surface area contributed by atoms with Gasteiger partial charge in [-0.3, -0.25) is 4.79 Å².